The SMILES string of the molecule is CN(C=O)OCCC1CCCC1. The highest BCUT2D eigenvalue weighted by atomic mass is 16.7. The molecule has 70 valence electrons. The smallest absolute Gasteiger partial charge is 0.233 e. The molecule has 1 saturated carbocycles. The third-order valence-corrected chi connectivity index (χ3v) is 2.44. The van der Waals surface area contributed by atoms with Crippen LogP contribution in [0.25, 0.3) is 0 Å². The Morgan fingerprint density at radius 2 is 2.17 bits per heavy atom. The van der Waals surface area contributed by atoms with Gasteiger partial charge in [0.1, 0.15) is 0 Å². The maximum Gasteiger partial charge on any atom is 0.233 e. The van der Waals surface area contributed by atoms with Crippen molar-refractivity contribution in [2.24, 2.45) is 5.92 Å². The average Bonchev–Trinajstić information content (AvgIpc) is 2.57. The standard InChI is InChI=1S/C9H17NO2/c1-10(8-11)12-7-6-9-4-2-3-5-9/h8-9H,2-7H2,1H3. The molecule has 3 heteroatoms. The maximum atomic E-state index is 10.1. The highest BCUT2D eigenvalue weighted by Gasteiger charge is 2.14. The zero-order valence-corrected chi connectivity index (χ0v) is 7.66. The second kappa shape index (κ2) is 5.14. The minimum atomic E-state index is 0.680. The second-order valence-corrected chi connectivity index (χ2v) is 3.42. The summed E-state index contributed by atoms with van der Waals surface area (Å²) in [6, 6.07) is 0. The largest absolute Gasteiger partial charge is 0.276 e. The van der Waals surface area contributed by atoms with Gasteiger partial charge in [0.15, 0.2) is 0 Å². The Morgan fingerprint density at radius 1 is 1.50 bits per heavy atom. The Balaban J connectivity index is 1.97. The fourth-order valence-corrected chi connectivity index (χ4v) is 1.69. The third-order valence-electron chi connectivity index (χ3n) is 2.44. The molecule has 0 aromatic rings. The van der Waals surface area contributed by atoms with Crippen LogP contribution in [0.2, 0.25) is 0 Å². The van der Waals surface area contributed by atoms with Crippen LogP contribution in [-0.2, 0) is 9.63 Å². The van der Waals surface area contributed by atoms with Crippen LogP contribution in [0.4, 0.5) is 0 Å². The summed E-state index contributed by atoms with van der Waals surface area (Å²) in [5.41, 5.74) is 0. The van der Waals surface area contributed by atoms with Gasteiger partial charge in [-0.1, -0.05) is 25.7 Å². The van der Waals surface area contributed by atoms with Crippen molar-refractivity contribution in [3.05, 3.63) is 0 Å². The van der Waals surface area contributed by atoms with Crippen molar-refractivity contribution in [1.29, 1.82) is 0 Å². The van der Waals surface area contributed by atoms with E-state index in [1.54, 1.807) is 7.05 Å². The molecule has 0 radical (unpaired) electrons. The van der Waals surface area contributed by atoms with Gasteiger partial charge in [-0.3, -0.25) is 9.63 Å². The quantitative estimate of drug-likeness (QED) is 0.464. The predicted molar refractivity (Wildman–Crippen MR) is 46.4 cm³/mol. The summed E-state index contributed by atoms with van der Waals surface area (Å²) in [5.74, 6) is 0.838. The fraction of sp³-hybridized carbons (Fsp3) is 0.889. The van der Waals surface area contributed by atoms with Crippen molar-refractivity contribution in [2.45, 2.75) is 32.1 Å². The van der Waals surface area contributed by atoms with Crippen molar-refractivity contribution >= 4 is 6.41 Å². The molecule has 0 heterocycles. The molecule has 0 bridgehead atoms. The summed E-state index contributed by atoms with van der Waals surface area (Å²) in [5, 5.41) is 1.23. The van der Waals surface area contributed by atoms with Crippen LogP contribution < -0.4 is 0 Å². The zero-order chi connectivity index (χ0) is 8.81. The number of hydroxylamine groups is 2. The van der Waals surface area contributed by atoms with Crippen molar-refractivity contribution in [2.75, 3.05) is 13.7 Å². The predicted octanol–water partition coefficient (Wildman–Crippen LogP) is 1.59. The first kappa shape index (κ1) is 9.52. The van der Waals surface area contributed by atoms with E-state index in [2.05, 4.69) is 0 Å². The first-order chi connectivity index (χ1) is 5.83. The molecule has 1 fully saturated rings. The molecule has 0 unspecified atom stereocenters. The van der Waals surface area contributed by atoms with Crippen LogP contribution >= 0.6 is 0 Å². The molecule has 1 rings (SSSR count). The highest BCUT2D eigenvalue weighted by Crippen LogP contribution is 2.27. The van der Waals surface area contributed by atoms with Gasteiger partial charge in [0.25, 0.3) is 0 Å². The van der Waals surface area contributed by atoms with Gasteiger partial charge in [0, 0.05) is 7.05 Å². The molecule has 0 aromatic heterocycles. The monoisotopic (exact) mass is 171 g/mol. The van der Waals surface area contributed by atoms with Gasteiger partial charge in [-0.15, -0.1) is 0 Å². The summed E-state index contributed by atoms with van der Waals surface area (Å²) in [4.78, 5) is 15.3. The van der Waals surface area contributed by atoms with Gasteiger partial charge >= 0.3 is 0 Å². The molecule has 1 aliphatic rings. The molecule has 1 amide bonds. The van der Waals surface area contributed by atoms with Crippen LogP contribution in [0.1, 0.15) is 32.1 Å². The van der Waals surface area contributed by atoms with Gasteiger partial charge in [-0.25, -0.2) is 5.06 Å². The summed E-state index contributed by atoms with van der Waals surface area (Å²) in [7, 11) is 1.63. The van der Waals surface area contributed by atoms with Crippen LogP contribution in [0, 0.1) is 5.92 Å². The van der Waals surface area contributed by atoms with Crippen LogP contribution in [-0.4, -0.2) is 25.1 Å². The van der Waals surface area contributed by atoms with Gasteiger partial charge in [-0.05, 0) is 12.3 Å². The molecule has 0 saturated heterocycles. The Labute approximate surface area is 73.6 Å². The van der Waals surface area contributed by atoms with Gasteiger partial charge in [0.2, 0.25) is 6.41 Å². The molecule has 0 spiro atoms. The Kier molecular flexibility index (Phi) is 4.08. The van der Waals surface area contributed by atoms with Crippen LogP contribution in [0.15, 0.2) is 0 Å². The Hall–Kier alpha value is -0.570. The lowest BCUT2D eigenvalue weighted by molar-refractivity contribution is -0.164. The van der Waals surface area contributed by atoms with E-state index in [4.69, 9.17) is 4.84 Å². The molecule has 0 N–H and O–H groups in total. The number of nitrogens with zero attached hydrogens (tertiary/aromatic N) is 1. The van der Waals surface area contributed by atoms with E-state index in [-0.39, 0.29) is 0 Å². The maximum absolute atomic E-state index is 10.1. The topological polar surface area (TPSA) is 29.5 Å². The molecule has 3 nitrogen and oxygen atoms in total. The summed E-state index contributed by atoms with van der Waals surface area (Å²) in [6.45, 7) is 0.680. The van der Waals surface area contributed by atoms with E-state index in [0.717, 1.165) is 12.3 Å². The number of carbonyl (C=O) groups is 1. The van der Waals surface area contributed by atoms with Gasteiger partial charge in [-0.2, -0.15) is 0 Å². The first-order valence-corrected chi connectivity index (χ1v) is 4.64. The van der Waals surface area contributed by atoms with Crippen LogP contribution in [0.3, 0.4) is 0 Å². The lowest BCUT2D eigenvalue weighted by atomic mass is 10.1. The van der Waals surface area contributed by atoms with Crippen molar-refractivity contribution < 1.29 is 9.63 Å². The lowest BCUT2D eigenvalue weighted by Crippen LogP contribution is -2.18. The summed E-state index contributed by atoms with van der Waals surface area (Å²) in [6.07, 6.45) is 7.21. The van der Waals surface area contributed by atoms with Crippen molar-refractivity contribution in [1.82, 2.24) is 5.06 Å². The lowest BCUT2D eigenvalue weighted by Gasteiger charge is -2.12. The van der Waals surface area contributed by atoms with E-state index in [9.17, 15) is 4.79 Å². The summed E-state index contributed by atoms with van der Waals surface area (Å²) >= 11 is 0. The second-order valence-electron chi connectivity index (χ2n) is 3.42. The minimum Gasteiger partial charge on any atom is -0.276 e. The molecular formula is C9H17NO2. The normalized spacial score (nSPS) is 18.1. The Morgan fingerprint density at radius 3 is 2.75 bits per heavy atom. The van der Waals surface area contributed by atoms with E-state index >= 15 is 0 Å². The van der Waals surface area contributed by atoms with Crippen molar-refractivity contribution in [3.63, 3.8) is 0 Å². The highest BCUT2D eigenvalue weighted by molar-refractivity contribution is 5.44. The van der Waals surface area contributed by atoms with E-state index in [0.29, 0.717) is 13.0 Å². The Bertz CT molecular complexity index is 132. The average molecular weight is 171 g/mol. The fourth-order valence-electron chi connectivity index (χ4n) is 1.69. The van der Waals surface area contributed by atoms with Crippen molar-refractivity contribution in [3.8, 4) is 0 Å². The number of hydrogen-bond acceptors (Lipinski definition) is 2. The number of rotatable bonds is 5. The molecule has 0 aliphatic heterocycles. The van der Waals surface area contributed by atoms with E-state index in [1.807, 2.05) is 0 Å². The molecule has 0 atom stereocenters. The van der Waals surface area contributed by atoms with Gasteiger partial charge < -0.3 is 0 Å². The minimum absolute atomic E-state index is 0.680. The van der Waals surface area contributed by atoms with E-state index in [1.165, 1.54) is 30.7 Å². The number of hydrogen-bond donors (Lipinski definition) is 0. The first-order valence-electron chi connectivity index (χ1n) is 4.64. The molecule has 12 heavy (non-hydrogen) atoms. The summed E-state index contributed by atoms with van der Waals surface area (Å²) < 4.78 is 0. The third kappa shape index (κ3) is 3.22. The number of amides is 1. The molecular weight excluding hydrogens is 154 g/mol. The number of carbonyl (C=O) groups excluding carboxylic acids is 1. The zero-order valence-electron chi connectivity index (χ0n) is 7.66. The van der Waals surface area contributed by atoms with E-state index < -0.39 is 0 Å². The van der Waals surface area contributed by atoms with Crippen LogP contribution in [0.5, 0.6) is 0 Å². The molecule has 1 aliphatic carbocycles. The molecule has 0 aromatic carbocycles. The van der Waals surface area contributed by atoms with Gasteiger partial charge in [0.05, 0.1) is 6.61 Å².